The lowest BCUT2D eigenvalue weighted by molar-refractivity contribution is -0.384. The monoisotopic (exact) mass is 364 g/mol. The Kier molecular flexibility index (Phi) is 5.71. The normalized spacial score (nSPS) is 11.5. The van der Waals surface area contributed by atoms with Crippen LogP contribution in [0.1, 0.15) is 21.5 Å². The Hall–Kier alpha value is -2.94. The predicted molar refractivity (Wildman–Crippen MR) is 92.2 cm³/mol. The van der Waals surface area contributed by atoms with Crippen LogP contribution in [-0.4, -0.2) is 30.0 Å². The van der Waals surface area contributed by atoms with Crippen molar-refractivity contribution in [1.82, 2.24) is 0 Å². The molecule has 1 heterocycles. The number of hydrogen-bond donors (Lipinski definition) is 1. The Morgan fingerprint density at radius 2 is 2.00 bits per heavy atom. The van der Waals surface area contributed by atoms with Crippen LogP contribution in [0.25, 0.3) is 0 Å². The van der Waals surface area contributed by atoms with E-state index >= 15 is 0 Å². The van der Waals surface area contributed by atoms with E-state index in [0.29, 0.717) is 4.88 Å². The summed E-state index contributed by atoms with van der Waals surface area (Å²) in [4.78, 5) is 35.8. The number of ether oxygens (including phenoxy) is 2. The summed E-state index contributed by atoms with van der Waals surface area (Å²) in [6.07, 6.45) is -1.08. The highest BCUT2D eigenvalue weighted by Gasteiger charge is 2.22. The molecule has 2 rings (SSSR count). The van der Waals surface area contributed by atoms with Crippen LogP contribution in [0, 0.1) is 17.0 Å². The molecular formula is C16H16N2O6S. The number of nitrogens with zero attached hydrogens (tertiary/aromatic N) is 1. The van der Waals surface area contributed by atoms with E-state index in [9.17, 15) is 19.7 Å². The highest BCUT2D eigenvalue weighted by Crippen LogP contribution is 2.29. The van der Waals surface area contributed by atoms with Crippen LogP contribution in [0.3, 0.4) is 0 Å². The second-order valence-corrected chi connectivity index (χ2v) is 6.38. The third-order valence-corrected chi connectivity index (χ3v) is 4.23. The highest BCUT2D eigenvalue weighted by atomic mass is 32.1. The number of nitrogens with one attached hydrogen (secondary N) is 1. The lowest BCUT2D eigenvalue weighted by Gasteiger charge is -2.14. The van der Waals surface area contributed by atoms with Gasteiger partial charge in [0.1, 0.15) is 10.6 Å². The number of carbonyl (C=O) groups is 2. The number of non-ortho nitro benzene ring substituents is 1. The van der Waals surface area contributed by atoms with Gasteiger partial charge in [-0.3, -0.25) is 14.9 Å². The van der Waals surface area contributed by atoms with Gasteiger partial charge < -0.3 is 14.8 Å². The van der Waals surface area contributed by atoms with E-state index in [1.807, 2.05) is 6.92 Å². The molecule has 0 aliphatic carbocycles. The van der Waals surface area contributed by atoms with Gasteiger partial charge in [0.15, 0.2) is 6.10 Å². The second kappa shape index (κ2) is 7.75. The van der Waals surface area contributed by atoms with E-state index in [1.54, 1.807) is 12.1 Å². The molecule has 1 N–H and O–H groups in total. The average Bonchev–Trinajstić information content (AvgIpc) is 3.01. The number of carbonyl (C=O) groups excluding carboxylic acids is 2. The smallest absolute Gasteiger partial charge is 0.349 e. The number of hydrogen-bond acceptors (Lipinski definition) is 7. The molecule has 25 heavy (non-hydrogen) atoms. The molecule has 0 fully saturated rings. The number of amides is 1. The molecule has 8 nitrogen and oxygen atoms in total. The standard InChI is InChI=1S/C16H16N2O6S/c1-9-4-7-14(25-9)16(20)24-10(2)15(19)17-12-8-11(18(21)22)5-6-13(12)23-3/h4-8,10H,1-3H3,(H,17,19). The van der Waals surface area contributed by atoms with Gasteiger partial charge in [0.05, 0.1) is 17.7 Å². The topological polar surface area (TPSA) is 108 Å². The quantitative estimate of drug-likeness (QED) is 0.479. The molecule has 0 radical (unpaired) electrons. The lowest BCUT2D eigenvalue weighted by atomic mass is 10.2. The van der Waals surface area contributed by atoms with E-state index in [0.717, 1.165) is 4.88 Å². The summed E-state index contributed by atoms with van der Waals surface area (Å²) in [6, 6.07) is 7.21. The summed E-state index contributed by atoms with van der Waals surface area (Å²) in [6.45, 7) is 3.27. The summed E-state index contributed by atoms with van der Waals surface area (Å²) in [5.41, 5.74) is -0.0774. The van der Waals surface area contributed by atoms with Crippen LogP contribution in [0.5, 0.6) is 5.75 Å². The largest absolute Gasteiger partial charge is 0.495 e. The molecular weight excluding hydrogens is 348 g/mol. The first kappa shape index (κ1) is 18.4. The summed E-state index contributed by atoms with van der Waals surface area (Å²) in [5.74, 6) is -0.974. The van der Waals surface area contributed by atoms with Crippen molar-refractivity contribution in [2.75, 3.05) is 12.4 Å². The number of methoxy groups -OCH3 is 1. The Balaban J connectivity index is 2.09. The van der Waals surface area contributed by atoms with Crippen molar-refractivity contribution >= 4 is 34.6 Å². The molecule has 0 spiro atoms. The van der Waals surface area contributed by atoms with E-state index < -0.39 is 22.9 Å². The van der Waals surface area contributed by atoms with Crippen molar-refractivity contribution in [3.05, 3.63) is 50.2 Å². The number of anilines is 1. The van der Waals surface area contributed by atoms with Gasteiger partial charge >= 0.3 is 5.97 Å². The van der Waals surface area contributed by atoms with Gasteiger partial charge in [0, 0.05) is 17.0 Å². The minimum atomic E-state index is -1.08. The molecule has 9 heteroatoms. The number of esters is 1. The molecule has 132 valence electrons. The zero-order chi connectivity index (χ0) is 18.6. The third kappa shape index (κ3) is 4.54. The van der Waals surface area contributed by atoms with Crippen molar-refractivity contribution < 1.29 is 24.0 Å². The minimum Gasteiger partial charge on any atom is -0.495 e. The summed E-state index contributed by atoms with van der Waals surface area (Å²) >= 11 is 1.26. The second-order valence-electron chi connectivity index (χ2n) is 5.09. The molecule has 0 aliphatic rings. The van der Waals surface area contributed by atoms with Gasteiger partial charge in [-0.25, -0.2) is 4.79 Å². The summed E-state index contributed by atoms with van der Waals surface area (Å²) in [7, 11) is 1.37. The molecule has 0 saturated carbocycles. The zero-order valence-corrected chi connectivity index (χ0v) is 14.6. The molecule has 1 atom stereocenters. The first-order chi connectivity index (χ1) is 11.8. The molecule has 1 unspecified atom stereocenters. The van der Waals surface area contributed by atoms with Gasteiger partial charge in [0.25, 0.3) is 11.6 Å². The fourth-order valence-electron chi connectivity index (χ4n) is 1.96. The minimum absolute atomic E-state index is 0.122. The molecule has 1 amide bonds. The maximum atomic E-state index is 12.2. The van der Waals surface area contributed by atoms with E-state index in [4.69, 9.17) is 9.47 Å². The van der Waals surface area contributed by atoms with Crippen molar-refractivity contribution in [2.45, 2.75) is 20.0 Å². The SMILES string of the molecule is COc1ccc([N+](=O)[O-])cc1NC(=O)C(C)OC(=O)c1ccc(C)s1. The fourth-order valence-corrected chi connectivity index (χ4v) is 2.71. The Morgan fingerprint density at radius 1 is 1.28 bits per heavy atom. The van der Waals surface area contributed by atoms with Crippen LogP contribution >= 0.6 is 11.3 Å². The number of nitro groups is 1. The van der Waals surface area contributed by atoms with Crippen LogP contribution < -0.4 is 10.1 Å². The number of nitro benzene ring substituents is 1. The Bertz CT molecular complexity index is 817. The number of thiophene rings is 1. The number of benzene rings is 1. The maximum absolute atomic E-state index is 12.2. The zero-order valence-electron chi connectivity index (χ0n) is 13.8. The maximum Gasteiger partial charge on any atom is 0.349 e. The van der Waals surface area contributed by atoms with Crippen molar-refractivity contribution in [2.24, 2.45) is 0 Å². The molecule has 0 aliphatic heterocycles. The van der Waals surface area contributed by atoms with Crippen LogP contribution in [0.2, 0.25) is 0 Å². The molecule has 0 bridgehead atoms. The first-order valence-electron chi connectivity index (χ1n) is 7.22. The summed E-state index contributed by atoms with van der Waals surface area (Å²) in [5, 5.41) is 13.3. The fraction of sp³-hybridized carbons (Fsp3) is 0.250. The van der Waals surface area contributed by atoms with Gasteiger partial charge in [-0.1, -0.05) is 0 Å². The van der Waals surface area contributed by atoms with Gasteiger partial charge in [0.2, 0.25) is 0 Å². The number of rotatable bonds is 6. The average molecular weight is 364 g/mol. The lowest BCUT2D eigenvalue weighted by Crippen LogP contribution is -2.30. The van der Waals surface area contributed by atoms with E-state index in [2.05, 4.69) is 5.32 Å². The Labute approximate surface area is 147 Å². The van der Waals surface area contributed by atoms with Crippen molar-refractivity contribution in [1.29, 1.82) is 0 Å². The van der Waals surface area contributed by atoms with Crippen LogP contribution in [-0.2, 0) is 9.53 Å². The van der Waals surface area contributed by atoms with Crippen molar-refractivity contribution in [3.8, 4) is 5.75 Å². The molecule has 1 aromatic heterocycles. The van der Waals surface area contributed by atoms with Gasteiger partial charge in [-0.05, 0) is 32.0 Å². The number of aryl methyl sites for hydroxylation is 1. The highest BCUT2D eigenvalue weighted by molar-refractivity contribution is 7.13. The molecule has 1 aromatic carbocycles. The predicted octanol–water partition coefficient (Wildman–Crippen LogP) is 3.16. The van der Waals surface area contributed by atoms with Gasteiger partial charge in [-0.2, -0.15) is 0 Å². The van der Waals surface area contributed by atoms with Crippen LogP contribution in [0.15, 0.2) is 30.3 Å². The van der Waals surface area contributed by atoms with Gasteiger partial charge in [-0.15, -0.1) is 11.3 Å². The molecule has 0 saturated heterocycles. The van der Waals surface area contributed by atoms with Crippen LogP contribution in [0.4, 0.5) is 11.4 Å². The first-order valence-corrected chi connectivity index (χ1v) is 8.04. The third-order valence-electron chi connectivity index (χ3n) is 3.25. The van der Waals surface area contributed by atoms with Crippen molar-refractivity contribution in [3.63, 3.8) is 0 Å². The summed E-state index contributed by atoms with van der Waals surface area (Å²) < 4.78 is 10.2. The van der Waals surface area contributed by atoms with E-state index in [1.165, 1.54) is 43.6 Å². The Morgan fingerprint density at radius 3 is 2.56 bits per heavy atom. The molecule has 2 aromatic rings. The van der Waals surface area contributed by atoms with E-state index in [-0.39, 0.29) is 17.1 Å².